The number of carbonyl (C=O) groups is 1. The van der Waals surface area contributed by atoms with E-state index in [9.17, 15) is 4.79 Å². The van der Waals surface area contributed by atoms with Crippen LogP contribution in [0.25, 0.3) is 0 Å². The van der Waals surface area contributed by atoms with Crippen molar-refractivity contribution in [1.29, 1.82) is 0 Å². The van der Waals surface area contributed by atoms with Crippen LogP contribution in [0.2, 0.25) is 0 Å². The summed E-state index contributed by atoms with van der Waals surface area (Å²) in [6.45, 7) is 2.27. The van der Waals surface area contributed by atoms with Gasteiger partial charge in [-0.3, -0.25) is 4.79 Å². The number of carboxylic acid groups (broad SMARTS) is 1. The minimum Gasteiger partial charge on any atom is -0.481 e. The molecule has 0 spiro atoms. The third-order valence-electron chi connectivity index (χ3n) is 3.32. The molecular formula is C12H18N2O2S. The summed E-state index contributed by atoms with van der Waals surface area (Å²) >= 11 is 1.57. The number of carboxylic acids is 1. The quantitative estimate of drug-likeness (QED) is 0.848. The average molecular weight is 254 g/mol. The van der Waals surface area contributed by atoms with E-state index >= 15 is 0 Å². The van der Waals surface area contributed by atoms with E-state index in [1.54, 1.807) is 11.3 Å². The lowest BCUT2D eigenvalue weighted by Gasteiger charge is -2.15. The summed E-state index contributed by atoms with van der Waals surface area (Å²) in [6.07, 6.45) is 4.47. The van der Waals surface area contributed by atoms with Gasteiger partial charge in [0.2, 0.25) is 0 Å². The van der Waals surface area contributed by atoms with Gasteiger partial charge in [0, 0.05) is 17.8 Å². The molecule has 1 aromatic heterocycles. The number of aryl methyl sites for hydroxylation is 1. The number of aromatic nitrogens is 1. The number of thiazole rings is 1. The Hall–Kier alpha value is -1.10. The summed E-state index contributed by atoms with van der Waals surface area (Å²) in [5.41, 5.74) is 0.880. The fourth-order valence-electron chi connectivity index (χ4n) is 2.24. The van der Waals surface area contributed by atoms with Crippen molar-refractivity contribution in [2.45, 2.75) is 45.1 Å². The minimum absolute atomic E-state index is 0.156. The van der Waals surface area contributed by atoms with Gasteiger partial charge in [-0.2, -0.15) is 0 Å². The largest absolute Gasteiger partial charge is 0.481 e. The van der Waals surface area contributed by atoms with Gasteiger partial charge < -0.3 is 10.4 Å². The van der Waals surface area contributed by atoms with Crippen molar-refractivity contribution >= 4 is 22.4 Å². The third-order valence-corrected chi connectivity index (χ3v) is 4.14. The van der Waals surface area contributed by atoms with Gasteiger partial charge in [-0.25, -0.2) is 4.98 Å². The summed E-state index contributed by atoms with van der Waals surface area (Å²) in [5, 5.41) is 14.9. The van der Waals surface area contributed by atoms with Crippen LogP contribution >= 0.6 is 11.3 Å². The molecule has 1 aliphatic carbocycles. The number of nitrogens with one attached hydrogen (secondary N) is 1. The zero-order valence-electron chi connectivity index (χ0n) is 9.98. The number of rotatable bonds is 5. The van der Waals surface area contributed by atoms with E-state index in [-0.39, 0.29) is 6.42 Å². The number of hydrogen-bond acceptors (Lipinski definition) is 4. The molecule has 2 atom stereocenters. The van der Waals surface area contributed by atoms with Crippen molar-refractivity contribution in [1.82, 2.24) is 4.98 Å². The minimum atomic E-state index is -0.767. The Balaban J connectivity index is 1.87. The maximum absolute atomic E-state index is 10.5. The molecule has 1 aliphatic rings. The molecule has 1 aromatic rings. The lowest BCUT2D eigenvalue weighted by atomic mass is 10.1. The van der Waals surface area contributed by atoms with Crippen LogP contribution in [0, 0.1) is 5.92 Å². The molecule has 2 rings (SSSR count). The second kappa shape index (κ2) is 5.49. The number of nitrogens with zero attached hydrogens (tertiary/aromatic N) is 1. The highest BCUT2D eigenvalue weighted by Crippen LogP contribution is 2.29. The van der Waals surface area contributed by atoms with Crippen molar-refractivity contribution in [3.05, 3.63) is 11.1 Å². The van der Waals surface area contributed by atoms with E-state index in [0.29, 0.717) is 18.4 Å². The number of anilines is 1. The Morgan fingerprint density at radius 2 is 2.47 bits per heavy atom. The Morgan fingerprint density at radius 3 is 3.12 bits per heavy atom. The molecule has 0 saturated heterocycles. The normalized spacial score (nSPS) is 23.8. The first-order valence-electron chi connectivity index (χ1n) is 6.08. The van der Waals surface area contributed by atoms with Gasteiger partial charge >= 0.3 is 5.97 Å². The molecule has 0 aliphatic heterocycles. The van der Waals surface area contributed by atoms with Crippen molar-refractivity contribution in [3.63, 3.8) is 0 Å². The van der Waals surface area contributed by atoms with Gasteiger partial charge in [-0.1, -0.05) is 13.3 Å². The van der Waals surface area contributed by atoms with Gasteiger partial charge in [0.25, 0.3) is 0 Å². The maximum Gasteiger partial charge on any atom is 0.303 e. The first-order chi connectivity index (χ1) is 8.15. The highest BCUT2D eigenvalue weighted by molar-refractivity contribution is 7.13. The van der Waals surface area contributed by atoms with Gasteiger partial charge in [0.05, 0.1) is 12.1 Å². The van der Waals surface area contributed by atoms with Gasteiger partial charge in [0.15, 0.2) is 5.13 Å². The van der Waals surface area contributed by atoms with Crippen molar-refractivity contribution in [3.8, 4) is 0 Å². The lowest BCUT2D eigenvalue weighted by molar-refractivity contribution is -0.136. The molecule has 0 aromatic carbocycles. The standard InChI is InChI=1S/C12H18N2O2S/c1-8-3-2-4-10(8)14-12-13-9(7-17-12)5-6-11(15)16/h7-8,10H,2-6H2,1H3,(H,13,14)(H,15,16). The highest BCUT2D eigenvalue weighted by atomic mass is 32.1. The Bertz CT molecular complexity index is 392. The monoisotopic (exact) mass is 254 g/mol. The molecule has 1 heterocycles. The van der Waals surface area contributed by atoms with E-state index < -0.39 is 5.97 Å². The van der Waals surface area contributed by atoms with Crippen molar-refractivity contribution in [2.24, 2.45) is 5.92 Å². The van der Waals surface area contributed by atoms with Crippen molar-refractivity contribution in [2.75, 3.05) is 5.32 Å². The number of aliphatic carboxylic acids is 1. The van der Waals surface area contributed by atoms with Crippen LogP contribution < -0.4 is 5.32 Å². The second-order valence-electron chi connectivity index (χ2n) is 4.70. The maximum atomic E-state index is 10.5. The molecule has 0 bridgehead atoms. The first-order valence-corrected chi connectivity index (χ1v) is 6.96. The molecule has 0 radical (unpaired) electrons. The van der Waals surface area contributed by atoms with Crippen molar-refractivity contribution < 1.29 is 9.90 Å². The van der Waals surface area contributed by atoms with Crippen LogP contribution in [-0.4, -0.2) is 22.1 Å². The molecule has 1 saturated carbocycles. The van der Waals surface area contributed by atoms with Crippen LogP contribution in [0.15, 0.2) is 5.38 Å². The average Bonchev–Trinajstić information content (AvgIpc) is 2.87. The zero-order chi connectivity index (χ0) is 12.3. The summed E-state index contributed by atoms with van der Waals surface area (Å²) in [4.78, 5) is 14.9. The summed E-state index contributed by atoms with van der Waals surface area (Å²) in [7, 11) is 0. The van der Waals surface area contributed by atoms with Crippen LogP contribution in [0.4, 0.5) is 5.13 Å². The van der Waals surface area contributed by atoms with E-state index in [1.807, 2.05) is 5.38 Å². The fourth-order valence-corrected chi connectivity index (χ4v) is 3.05. The molecule has 0 amide bonds. The van der Waals surface area contributed by atoms with Crippen LogP contribution in [0.5, 0.6) is 0 Å². The highest BCUT2D eigenvalue weighted by Gasteiger charge is 2.23. The molecule has 94 valence electrons. The van der Waals surface area contributed by atoms with E-state index in [2.05, 4.69) is 17.2 Å². The fraction of sp³-hybridized carbons (Fsp3) is 0.667. The summed E-state index contributed by atoms with van der Waals surface area (Å²) < 4.78 is 0. The summed E-state index contributed by atoms with van der Waals surface area (Å²) in [5.74, 6) is -0.0571. The predicted molar refractivity (Wildman–Crippen MR) is 68.5 cm³/mol. The first kappa shape index (κ1) is 12.4. The Morgan fingerprint density at radius 1 is 1.65 bits per heavy atom. The zero-order valence-corrected chi connectivity index (χ0v) is 10.8. The van der Waals surface area contributed by atoms with E-state index in [0.717, 1.165) is 10.8 Å². The van der Waals surface area contributed by atoms with Crippen LogP contribution in [0.3, 0.4) is 0 Å². The van der Waals surface area contributed by atoms with Crippen LogP contribution in [-0.2, 0) is 11.2 Å². The lowest BCUT2D eigenvalue weighted by Crippen LogP contribution is -2.21. The van der Waals surface area contributed by atoms with Gasteiger partial charge in [0.1, 0.15) is 0 Å². The summed E-state index contributed by atoms with van der Waals surface area (Å²) in [6, 6.07) is 0.536. The Kier molecular flexibility index (Phi) is 3.99. The SMILES string of the molecule is CC1CCCC1Nc1nc(CCC(=O)O)cs1. The molecule has 4 nitrogen and oxygen atoms in total. The molecule has 2 N–H and O–H groups in total. The third kappa shape index (κ3) is 3.43. The number of hydrogen-bond donors (Lipinski definition) is 2. The predicted octanol–water partition coefficient (Wildman–Crippen LogP) is 2.76. The molecule has 5 heteroatoms. The van der Waals surface area contributed by atoms with E-state index in [4.69, 9.17) is 5.11 Å². The second-order valence-corrected chi connectivity index (χ2v) is 5.55. The molecule has 1 fully saturated rings. The molecule has 2 unspecified atom stereocenters. The Labute approximate surface area is 105 Å². The van der Waals surface area contributed by atoms with E-state index in [1.165, 1.54) is 19.3 Å². The smallest absolute Gasteiger partial charge is 0.303 e. The van der Waals surface area contributed by atoms with Gasteiger partial charge in [-0.15, -0.1) is 11.3 Å². The van der Waals surface area contributed by atoms with Gasteiger partial charge in [-0.05, 0) is 18.8 Å². The topological polar surface area (TPSA) is 62.2 Å². The molecule has 17 heavy (non-hydrogen) atoms. The molecular weight excluding hydrogens is 236 g/mol. The van der Waals surface area contributed by atoms with Crippen LogP contribution in [0.1, 0.15) is 38.3 Å².